The molecule has 1 aliphatic heterocycles. The molecule has 15 heavy (non-hydrogen) atoms. The van der Waals surface area contributed by atoms with Crippen molar-refractivity contribution in [2.75, 3.05) is 6.54 Å². The second kappa shape index (κ2) is 4.42. The van der Waals surface area contributed by atoms with Crippen molar-refractivity contribution in [3.05, 3.63) is 12.2 Å². The van der Waals surface area contributed by atoms with Crippen molar-refractivity contribution >= 4 is 5.91 Å². The van der Waals surface area contributed by atoms with Crippen LogP contribution in [-0.4, -0.2) is 27.2 Å². The number of amides is 1. The fourth-order valence-corrected chi connectivity index (χ4v) is 1.96. The Labute approximate surface area is 88.9 Å². The molecule has 1 aliphatic rings. The zero-order chi connectivity index (χ0) is 10.7. The van der Waals surface area contributed by atoms with Gasteiger partial charge in [-0.3, -0.25) is 9.48 Å². The zero-order valence-electron chi connectivity index (χ0n) is 8.94. The normalized spacial score (nSPS) is 21.4. The summed E-state index contributed by atoms with van der Waals surface area (Å²) < 4.78 is 1.85. The molecule has 1 saturated heterocycles. The molecule has 2 heterocycles. The number of nitrogens with zero attached hydrogens (tertiary/aromatic N) is 3. The molecule has 1 amide bonds. The molecule has 1 aromatic rings. The highest BCUT2D eigenvalue weighted by Gasteiger charge is 2.23. The third-order valence-electron chi connectivity index (χ3n) is 2.82. The maximum absolute atomic E-state index is 11.6. The summed E-state index contributed by atoms with van der Waals surface area (Å²) in [4.78, 5) is 15.7. The lowest BCUT2D eigenvalue weighted by atomic mass is 9.95. The number of aryl methyl sites for hydroxylation is 1. The zero-order valence-corrected chi connectivity index (χ0v) is 8.94. The summed E-state index contributed by atoms with van der Waals surface area (Å²) >= 11 is 0. The van der Waals surface area contributed by atoms with Crippen molar-refractivity contribution in [3.8, 4) is 0 Å². The van der Waals surface area contributed by atoms with Gasteiger partial charge in [0.2, 0.25) is 5.91 Å². The predicted molar refractivity (Wildman–Crippen MR) is 55.1 cm³/mol. The van der Waals surface area contributed by atoms with E-state index in [1.807, 2.05) is 11.6 Å². The van der Waals surface area contributed by atoms with Crippen LogP contribution < -0.4 is 5.32 Å². The van der Waals surface area contributed by atoms with Gasteiger partial charge in [0.15, 0.2) is 0 Å². The quantitative estimate of drug-likeness (QED) is 0.780. The lowest BCUT2D eigenvalue weighted by molar-refractivity contribution is -0.126. The number of hydrogen-bond donors (Lipinski definition) is 1. The Morgan fingerprint density at radius 3 is 3.27 bits per heavy atom. The van der Waals surface area contributed by atoms with Gasteiger partial charge < -0.3 is 5.32 Å². The Hall–Kier alpha value is -1.39. The van der Waals surface area contributed by atoms with E-state index in [1.165, 1.54) is 0 Å². The largest absolute Gasteiger partial charge is 0.356 e. The van der Waals surface area contributed by atoms with E-state index in [0.29, 0.717) is 6.42 Å². The maximum atomic E-state index is 11.6. The fourth-order valence-electron chi connectivity index (χ4n) is 1.96. The molecule has 0 radical (unpaired) electrons. The average molecular weight is 208 g/mol. The van der Waals surface area contributed by atoms with Gasteiger partial charge >= 0.3 is 0 Å². The predicted octanol–water partition coefficient (Wildman–Crippen LogP) is 0.367. The molecule has 1 unspecified atom stereocenters. The van der Waals surface area contributed by atoms with Crippen molar-refractivity contribution in [1.29, 1.82) is 0 Å². The van der Waals surface area contributed by atoms with Crippen LogP contribution >= 0.6 is 0 Å². The Morgan fingerprint density at radius 2 is 2.53 bits per heavy atom. The van der Waals surface area contributed by atoms with Crippen molar-refractivity contribution < 1.29 is 4.79 Å². The van der Waals surface area contributed by atoms with Crippen LogP contribution in [0.5, 0.6) is 0 Å². The average Bonchev–Trinajstić information content (AvgIpc) is 2.69. The van der Waals surface area contributed by atoms with Crippen molar-refractivity contribution in [2.45, 2.75) is 32.7 Å². The van der Waals surface area contributed by atoms with Gasteiger partial charge in [-0.05, 0) is 19.8 Å². The number of carbonyl (C=O) groups excluding carboxylic acids is 1. The van der Waals surface area contributed by atoms with Gasteiger partial charge in [-0.2, -0.15) is 5.10 Å². The molecule has 0 spiro atoms. The molecule has 1 fully saturated rings. The first-order chi connectivity index (χ1) is 7.31. The molecule has 5 nitrogen and oxygen atoms in total. The Kier molecular flexibility index (Phi) is 2.99. The number of hydrogen-bond acceptors (Lipinski definition) is 3. The van der Waals surface area contributed by atoms with Gasteiger partial charge in [-0.15, -0.1) is 0 Å². The second-order valence-electron chi connectivity index (χ2n) is 3.83. The van der Waals surface area contributed by atoms with Crippen LogP contribution in [0.1, 0.15) is 25.6 Å². The fraction of sp³-hybridized carbons (Fsp3) is 0.700. The third kappa shape index (κ3) is 2.16. The minimum atomic E-state index is 0.0771. The van der Waals surface area contributed by atoms with Crippen molar-refractivity contribution in [3.63, 3.8) is 0 Å². The molecule has 0 aromatic carbocycles. The van der Waals surface area contributed by atoms with E-state index in [1.54, 1.807) is 6.33 Å². The van der Waals surface area contributed by atoms with Crippen LogP contribution in [0.2, 0.25) is 0 Å². The Morgan fingerprint density at radius 1 is 1.67 bits per heavy atom. The van der Waals surface area contributed by atoms with Crippen molar-refractivity contribution in [1.82, 2.24) is 20.1 Å². The number of carbonyl (C=O) groups is 1. The first-order valence-corrected chi connectivity index (χ1v) is 5.45. The molecule has 1 aromatic heterocycles. The lowest BCUT2D eigenvalue weighted by Gasteiger charge is -2.21. The second-order valence-corrected chi connectivity index (χ2v) is 3.83. The van der Waals surface area contributed by atoms with Crippen LogP contribution in [0.4, 0.5) is 0 Å². The van der Waals surface area contributed by atoms with Crippen LogP contribution in [0.15, 0.2) is 6.33 Å². The van der Waals surface area contributed by atoms with Crippen LogP contribution in [0.3, 0.4) is 0 Å². The maximum Gasteiger partial charge on any atom is 0.223 e. The number of nitrogens with one attached hydrogen (secondary N) is 1. The SMILES string of the molecule is CCn1ncnc1CC1CCCNC1=O. The van der Waals surface area contributed by atoms with Crippen molar-refractivity contribution in [2.24, 2.45) is 5.92 Å². The molecule has 82 valence electrons. The molecule has 1 atom stereocenters. The summed E-state index contributed by atoms with van der Waals surface area (Å²) in [6.07, 6.45) is 4.29. The van der Waals surface area contributed by atoms with E-state index in [4.69, 9.17) is 0 Å². The van der Waals surface area contributed by atoms with Gasteiger partial charge in [0.25, 0.3) is 0 Å². The Balaban J connectivity index is 2.04. The van der Waals surface area contributed by atoms with E-state index < -0.39 is 0 Å². The number of piperidine rings is 1. The van der Waals surface area contributed by atoms with Crippen LogP contribution in [0.25, 0.3) is 0 Å². The van der Waals surface area contributed by atoms with E-state index in [-0.39, 0.29) is 11.8 Å². The molecule has 0 bridgehead atoms. The van der Waals surface area contributed by atoms with E-state index in [9.17, 15) is 4.79 Å². The molecule has 0 saturated carbocycles. The van der Waals surface area contributed by atoms with E-state index in [2.05, 4.69) is 15.4 Å². The standard InChI is InChI=1S/C10H16N4O/c1-2-14-9(12-7-13-14)6-8-4-3-5-11-10(8)15/h7-8H,2-6H2,1H3,(H,11,15). The third-order valence-corrected chi connectivity index (χ3v) is 2.82. The molecular weight excluding hydrogens is 192 g/mol. The highest BCUT2D eigenvalue weighted by molar-refractivity contribution is 5.79. The topological polar surface area (TPSA) is 59.8 Å². The van der Waals surface area contributed by atoms with E-state index in [0.717, 1.165) is 31.8 Å². The van der Waals surface area contributed by atoms with Gasteiger partial charge in [-0.25, -0.2) is 4.98 Å². The van der Waals surface area contributed by atoms with Gasteiger partial charge in [0.05, 0.1) is 0 Å². The minimum absolute atomic E-state index is 0.0771. The number of aromatic nitrogens is 3. The molecule has 0 aliphatic carbocycles. The summed E-state index contributed by atoms with van der Waals surface area (Å²) in [5.41, 5.74) is 0. The molecule has 1 N–H and O–H groups in total. The van der Waals surface area contributed by atoms with E-state index >= 15 is 0 Å². The highest BCUT2D eigenvalue weighted by atomic mass is 16.1. The Bertz CT molecular complexity index is 347. The minimum Gasteiger partial charge on any atom is -0.356 e. The molecule has 5 heteroatoms. The molecular formula is C10H16N4O. The highest BCUT2D eigenvalue weighted by Crippen LogP contribution is 2.15. The lowest BCUT2D eigenvalue weighted by Crippen LogP contribution is -2.37. The molecule has 2 rings (SSSR count). The smallest absolute Gasteiger partial charge is 0.223 e. The van der Waals surface area contributed by atoms with Gasteiger partial charge in [0, 0.05) is 25.4 Å². The summed E-state index contributed by atoms with van der Waals surface area (Å²) in [6, 6.07) is 0. The van der Waals surface area contributed by atoms with Gasteiger partial charge in [0.1, 0.15) is 12.2 Å². The van der Waals surface area contributed by atoms with Crippen LogP contribution in [0, 0.1) is 5.92 Å². The van der Waals surface area contributed by atoms with Crippen LogP contribution in [-0.2, 0) is 17.8 Å². The first kappa shape index (κ1) is 10.1. The first-order valence-electron chi connectivity index (χ1n) is 5.45. The summed E-state index contributed by atoms with van der Waals surface area (Å²) in [5, 5.41) is 6.98. The monoisotopic (exact) mass is 208 g/mol. The summed E-state index contributed by atoms with van der Waals surface area (Å²) in [6.45, 7) is 3.65. The van der Waals surface area contributed by atoms with Gasteiger partial charge in [-0.1, -0.05) is 0 Å². The summed E-state index contributed by atoms with van der Waals surface area (Å²) in [5.74, 6) is 1.15. The summed E-state index contributed by atoms with van der Waals surface area (Å²) in [7, 11) is 0. The number of rotatable bonds is 3.